The highest BCUT2D eigenvalue weighted by Crippen LogP contribution is 2.25. The number of aliphatic imine (C=N–C) groups is 1. The molecule has 9 heteroatoms. The van der Waals surface area contributed by atoms with Crippen LogP contribution in [0.2, 0.25) is 5.02 Å². The van der Waals surface area contributed by atoms with Gasteiger partial charge in [-0.1, -0.05) is 23.7 Å². The van der Waals surface area contributed by atoms with Crippen LogP contribution in [-0.2, 0) is 9.84 Å². The summed E-state index contributed by atoms with van der Waals surface area (Å²) in [6.07, 6.45) is 1.81. The summed E-state index contributed by atoms with van der Waals surface area (Å²) in [5.41, 5.74) is 1.07. The van der Waals surface area contributed by atoms with Crippen molar-refractivity contribution in [3.8, 4) is 0 Å². The third-order valence-corrected chi connectivity index (χ3v) is 5.39. The molecule has 0 aliphatic carbocycles. The van der Waals surface area contributed by atoms with Gasteiger partial charge in [0.25, 0.3) is 0 Å². The van der Waals surface area contributed by atoms with Crippen molar-refractivity contribution in [2.75, 3.05) is 56.2 Å². The summed E-state index contributed by atoms with van der Waals surface area (Å²) < 4.78 is 22.4. The molecule has 0 aromatic heterocycles. The first kappa shape index (κ1) is 23.3. The van der Waals surface area contributed by atoms with Gasteiger partial charge in [-0.2, -0.15) is 0 Å². The molecule has 1 aliphatic heterocycles. The summed E-state index contributed by atoms with van der Waals surface area (Å²) in [4.78, 5) is 9.08. The van der Waals surface area contributed by atoms with E-state index in [1.807, 2.05) is 31.2 Å². The number of nitrogens with one attached hydrogen (secondary N) is 1. The Balaban J connectivity index is 0.00000338. The van der Waals surface area contributed by atoms with E-state index in [9.17, 15) is 8.42 Å². The van der Waals surface area contributed by atoms with E-state index in [2.05, 4.69) is 20.1 Å². The van der Waals surface area contributed by atoms with E-state index in [1.54, 1.807) is 0 Å². The number of sulfone groups is 1. The van der Waals surface area contributed by atoms with Gasteiger partial charge in [-0.3, -0.25) is 4.99 Å². The second-order valence-electron chi connectivity index (χ2n) is 6.14. The van der Waals surface area contributed by atoms with Gasteiger partial charge in [0.1, 0.15) is 9.84 Å². The maximum Gasteiger partial charge on any atom is 0.194 e. The highest BCUT2D eigenvalue weighted by Gasteiger charge is 2.20. The molecule has 148 valence electrons. The molecule has 26 heavy (non-hydrogen) atoms. The molecular weight excluding hydrogens is 487 g/mol. The molecule has 1 fully saturated rings. The Kier molecular flexibility index (Phi) is 10.0. The fourth-order valence-corrected chi connectivity index (χ4v) is 3.71. The fraction of sp³-hybridized carbons (Fsp3) is 0.588. The van der Waals surface area contributed by atoms with Gasteiger partial charge >= 0.3 is 0 Å². The van der Waals surface area contributed by atoms with Crippen LogP contribution < -0.4 is 10.2 Å². The molecule has 0 radical (unpaired) electrons. The lowest BCUT2D eigenvalue weighted by molar-refractivity contribution is 0.372. The predicted molar refractivity (Wildman–Crippen MR) is 121 cm³/mol. The maximum absolute atomic E-state index is 11.2. The van der Waals surface area contributed by atoms with E-state index in [4.69, 9.17) is 11.6 Å². The van der Waals surface area contributed by atoms with Gasteiger partial charge in [-0.25, -0.2) is 8.42 Å². The number of piperazine rings is 1. The first-order valence-electron chi connectivity index (χ1n) is 8.61. The number of halogens is 2. The topological polar surface area (TPSA) is 65.0 Å². The lowest BCUT2D eigenvalue weighted by Gasteiger charge is -2.38. The molecular formula is C17H28ClIN4O2S. The largest absolute Gasteiger partial charge is 0.367 e. The summed E-state index contributed by atoms with van der Waals surface area (Å²) in [5.74, 6) is 1.03. The maximum atomic E-state index is 11.2. The van der Waals surface area contributed by atoms with Crippen molar-refractivity contribution >= 4 is 57.1 Å². The predicted octanol–water partition coefficient (Wildman–Crippen LogP) is 2.48. The Hall–Kier alpha value is -0.740. The zero-order valence-electron chi connectivity index (χ0n) is 15.3. The standard InChI is InChI=1S/C17H27ClN4O2S.HI/c1-3-19-17(20-9-6-14-25(2,23)24)22-12-10-21(11-13-22)16-8-5-4-7-15(16)18;/h4-5,7-8H,3,6,9-14H2,1-2H3,(H,19,20);1H. The number of anilines is 1. The Labute approximate surface area is 178 Å². The second-order valence-corrected chi connectivity index (χ2v) is 8.81. The number of para-hydroxylation sites is 1. The first-order valence-corrected chi connectivity index (χ1v) is 11.0. The van der Waals surface area contributed by atoms with Crippen LogP contribution in [-0.4, -0.2) is 70.6 Å². The van der Waals surface area contributed by atoms with Crippen LogP contribution >= 0.6 is 35.6 Å². The average Bonchev–Trinajstić information content (AvgIpc) is 2.57. The third-order valence-electron chi connectivity index (χ3n) is 4.04. The molecule has 1 N–H and O–H groups in total. The number of benzene rings is 1. The van der Waals surface area contributed by atoms with Crippen LogP contribution in [0, 0.1) is 0 Å². The van der Waals surface area contributed by atoms with E-state index >= 15 is 0 Å². The van der Waals surface area contributed by atoms with Crippen molar-refractivity contribution in [2.24, 2.45) is 4.99 Å². The average molecular weight is 515 g/mol. The van der Waals surface area contributed by atoms with Crippen molar-refractivity contribution < 1.29 is 8.42 Å². The van der Waals surface area contributed by atoms with E-state index < -0.39 is 9.84 Å². The Bertz CT molecular complexity index is 692. The summed E-state index contributed by atoms with van der Waals surface area (Å²) in [5, 5.41) is 4.07. The van der Waals surface area contributed by atoms with Gasteiger partial charge in [-0.05, 0) is 25.5 Å². The van der Waals surface area contributed by atoms with Crippen LogP contribution in [0.5, 0.6) is 0 Å². The molecule has 0 bridgehead atoms. The first-order chi connectivity index (χ1) is 11.9. The smallest absolute Gasteiger partial charge is 0.194 e. The number of guanidine groups is 1. The minimum absolute atomic E-state index is 0. The number of nitrogens with zero attached hydrogens (tertiary/aromatic N) is 3. The molecule has 0 spiro atoms. The molecule has 0 atom stereocenters. The van der Waals surface area contributed by atoms with E-state index in [-0.39, 0.29) is 29.7 Å². The number of hydrogen-bond acceptors (Lipinski definition) is 4. The summed E-state index contributed by atoms with van der Waals surface area (Å²) in [7, 11) is -2.92. The highest BCUT2D eigenvalue weighted by atomic mass is 127. The van der Waals surface area contributed by atoms with E-state index in [0.29, 0.717) is 13.0 Å². The van der Waals surface area contributed by atoms with E-state index in [1.165, 1.54) is 6.26 Å². The van der Waals surface area contributed by atoms with Gasteiger partial charge in [0.05, 0.1) is 16.5 Å². The van der Waals surface area contributed by atoms with Gasteiger partial charge in [0, 0.05) is 45.5 Å². The van der Waals surface area contributed by atoms with Crippen LogP contribution in [0.1, 0.15) is 13.3 Å². The molecule has 1 aliphatic rings. The number of rotatable bonds is 6. The van der Waals surface area contributed by atoms with Crippen molar-refractivity contribution in [3.05, 3.63) is 29.3 Å². The van der Waals surface area contributed by atoms with Crippen molar-refractivity contribution in [1.82, 2.24) is 10.2 Å². The second kappa shape index (κ2) is 11.2. The molecule has 2 rings (SSSR count). The normalized spacial score (nSPS) is 15.6. The molecule has 0 saturated carbocycles. The van der Waals surface area contributed by atoms with Crippen LogP contribution in [0.15, 0.2) is 29.3 Å². The monoisotopic (exact) mass is 514 g/mol. The van der Waals surface area contributed by atoms with E-state index in [0.717, 1.165) is 49.4 Å². The van der Waals surface area contributed by atoms with Crippen LogP contribution in [0.3, 0.4) is 0 Å². The zero-order valence-corrected chi connectivity index (χ0v) is 19.2. The van der Waals surface area contributed by atoms with Gasteiger partial charge in [0.15, 0.2) is 5.96 Å². The van der Waals surface area contributed by atoms with Crippen LogP contribution in [0.25, 0.3) is 0 Å². The summed E-state index contributed by atoms with van der Waals surface area (Å²) in [6, 6.07) is 7.90. The molecule has 0 amide bonds. The SMILES string of the molecule is CCNC(=NCCCS(C)(=O)=O)N1CCN(c2ccccc2Cl)CC1.I. The quantitative estimate of drug-likeness (QED) is 0.273. The Morgan fingerprint density at radius 1 is 1.23 bits per heavy atom. The number of hydrogen-bond donors (Lipinski definition) is 1. The van der Waals surface area contributed by atoms with Crippen molar-refractivity contribution in [1.29, 1.82) is 0 Å². The zero-order chi connectivity index (χ0) is 18.3. The molecule has 1 aromatic carbocycles. The third kappa shape index (κ3) is 7.48. The van der Waals surface area contributed by atoms with Gasteiger partial charge in [-0.15, -0.1) is 24.0 Å². The van der Waals surface area contributed by atoms with Crippen molar-refractivity contribution in [3.63, 3.8) is 0 Å². The fourth-order valence-electron chi connectivity index (χ4n) is 2.80. The minimum Gasteiger partial charge on any atom is -0.367 e. The lowest BCUT2D eigenvalue weighted by atomic mass is 10.2. The molecule has 6 nitrogen and oxygen atoms in total. The molecule has 0 unspecified atom stereocenters. The highest BCUT2D eigenvalue weighted by molar-refractivity contribution is 14.0. The van der Waals surface area contributed by atoms with Gasteiger partial charge in [0.2, 0.25) is 0 Å². The minimum atomic E-state index is -2.92. The van der Waals surface area contributed by atoms with Crippen LogP contribution in [0.4, 0.5) is 5.69 Å². The molecule has 1 aromatic rings. The lowest BCUT2D eigenvalue weighted by Crippen LogP contribution is -2.52. The summed E-state index contributed by atoms with van der Waals surface area (Å²) in [6.45, 7) is 6.78. The molecule has 1 saturated heterocycles. The Morgan fingerprint density at radius 2 is 1.88 bits per heavy atom. The van der Waals surface area contributed by atoms with Crippen molar-refractivity contribution in [2.45, 2.75) is 13.3 Å². The van der Waals surface area contributed by atoms with Gasteiger partial charge < -0.3 is 15.1 Å². The molecule has 1 heterocycles. The Morgan fingerprint density at radius 3 is 2.46 bits per heavy atom. The summed E-state index contributed by atoms with van der Waals surface area (Å²) >= 11 is 6.29.